The molecule has 3 heterocycles. The van der Waals surface area contributed by atoms with Crippen LogP contribution in [-0.2, 0) is 18.4 Å². The largest absolute Gasteiger partial charge is 0.382 e. The van der Waals surface area contributed by atoms with Crippen LogP contribution >= 0.6 is 11.5 Å². The normalized spacial score (nSPS) is 15.9. The van der Waals surface area contributed by atoms with Crippen molar-refractivity contribution in [1.29, 1.82) is 0 Å². The summed E-state index contributed by atoms with van der Waals surface area (Å²) in [6, 6.07) is 0. The van der Waals surface area contributed by atoms with E-state index in [2.05, 4.69) is 30.5 Å². The van der Waals surface area contributed by atoms with Crippen LogP contribution in [-0.4, -0.2) is 15.9 Å². The van der Waals surface area contributed by atoms with E-state index in [0.29, 0.717) is 5.82 Å². The zero-order valence-corrected chi connectivity index (χ0v) is 11.8. The summed E-state index contributed by atoms with van der Waals surface area (Å²) in [5, 5.41) is 4.52. The van der Waals surface area contributed by atoms with Gasteiger partial charge in [-0.05, 0) is 35.6 Å². The SMILES string of the molecule is CC(C)(C)c1nc2snc(N)c2c2c1CNCC2. The van der Waals surface area contributed by atoms with Crippen molar-refractivity contribution in [2.24, 2.45) is 0 Å². The van der Waals surface area contributed by atoms with Crippen molar-refractivity contribution in [1.82, 2.24) is 14.7 Å². The quantitative estimate of drug-likeness (QED) is 0.764. The first-order valence-corrected chi connectivity index (χ1v) is 7.03. The average molecular weight is 262 g/mol. The fourth-order valence-corrected chi connectivity index (χ4v) is 3.36. The van der Waals surface area contributed by atoms with Gasteiger partial charge in [0.1, 0.15) is 10.6 Å². The van der Waals surface area contributed by atoms with Crippen molar-refractivity contribution in [3.63, 3.8) is 0 Å². The Morgan fingerprint density at radius 1 is 1.28 bits per heavy atom. The highest BCUT2D eigenvalue weighted by atomic mass is 32.1. The van der Waals surface area contributed by atoms with Gasteiger partial charge in [0.2, 0.25) is 0 Å². The molecule has 0 spiro atoms. The molecule has 0 amide bonds. The van der Waals surface area contributed by atoms with Crippen LogP contribution in [0.15, 0.2) is 0 Å². The maximum absolute atomic E-state index is 6.00. The molecule has 0 atom stereocenters. The molecule has 0 radical (unpaired) electrons. The number of rotatable bonds is 0. The van der Waals surface area contributed by atoms with E-state index in [1.807, 2.05) is 0 Å². The molecule has 0 unspecified atom stereocenters. The van der Waals surface area contributed by atoms with Crippen LogP contribution in [0, 0.1) is 0 Å². The Kier molecular flexibility index (Phi) is 2.57. The number of hydrogen-bond acceptors (Lipinski definition) is 5. The highest BCUT2D eigenvalue weighted by Gasteiger charge is 2.27. The number of aromatic nitrogens is 2. The Bertz CT molecular complexity index is 609. The molecule has 2 aromatic rings. The molecule has 0 aliphatic carbocycles. The van der Waals surface area contributed by atoms with Crippen molar-refractivity contribution in [3.8, 4) is 0 Å². The monoisotopic (exact) mass is 262 g/mol. The van der Waals surface area contributed by atoms with Gasteiger partial charge in [-0.15, -0.1) is 0 Å². The van der Waals surface area contributed by atoms with Crippen LogP contribution in [0.25, 0.3) is 10.2 Å². The van der Waals surface area contributed by atoms with Gasteiger partial charge in [-0.1, -0.05) is 20.8 Å². The third-order valence-corrected chi connectivity index (χ3v) is 4.19. The highest BCUT2D eigenvalue weighted by Crippen LogP contribution is 2.36. The van der Waals surface area contributed by atoms with Gasteiger partial charge in [0.15, 0.2) is 0 Å². The Hall–Kier alpha value is -1.20. The molecule has 3 rings (SSSR count). The Balaban J connectivity index is 2.38. The van der Waals surface area contributed by atoms with Gasteiger partial charge in [-0.3, -0.25) is 0 Å². The molecule has 0 fully saturated rings. The minimum atomic E-state index is 0.0516. The van der Waals surface area contributed by atoms with Crippen molar-refractivity contribution < 1.29 is 0 Å². The van der Waals surface area contributed by atoms with E-state index in [4.69, 9.17) is 10.7 Å². The molecule has 5 heteroatoms. The average Bonchev–Trinajstić information content (AvgIpc) is 2.69. The summed E-state index contributed by atoms with van der Waals surface area (Å²) < 4.78 is 4.26. The maximum atomic E-state index is 6.00. The standard InChI is InChI=1S/C13H18N4S/c1-13(2,3)10-8-6-15-5-4-7(8)9-11(14)17-18-12(9)16-10/h15H,4-6H2,1-3H3,(H2,14,17). The number of hydrogen-bond donors (Lipinski definition) is 2. The zero-order chi connectivity index (χ0) is 12.9. The van der Waals surface area contributed by atoms with Crippen molar-refractivity contribution in [2.45, 2.75) is 39.2 Å². The molecular weight excluding hydrogens is 244 g/mol. The lowest BCUT2D eigenvalue weighted by Gasteiger charge is -2.27. The third-order valence-electron chi connectivity index (χ3n) is 3.43. The summed E-state index contributed by atoms with van der Waals surface area (Å²) >= 11 is 1.41. The highest BCUT2D eigenvalue weighted by molar-refractivity contribution is 7.13. The predicted octanol–water partition coefficient (Wildman–Crippen LogP) is 2.22. The molecule has 3 N–H and O–H groups in total. The van der Waals surface area contributed by atoms with E-state index >= 15 is 0 Å². The van der Waals surface area contributed by atoms with E-state index in [-0.39, 0.29) is 5.41 Å². The van der Waals surface area contributed by atoms with Gasteiger partial charge in [0.25, 0.3) is 0 Å². The first kappa shape index (κ1) is 11.9. The molecule has 2 aromatic heterocycles. The van der Waals surface area contributed by atoms with Gasteiger partial charge in [0.05, 0.1) is 11.1 Å². The molecule has 0 bridgehead atoms. The fraction of sp³-hybridized carbons (Fsp3) is 0.538. The fourth-order valence-electron chi connectivity index (χ4n) is 2.63. The molecule has 1 aliphatic heterocycles. The van der Waals surface area contributed by atoms with Crippen LogP contribution in [0.1, 0.15) is 37.6 Å². The first-order chi connectivity index (χ1) is 8.48. The molecule has 0 saturated carbocycles. The Morgan fingerprint density at radius 2 is 2.06 bits per heavy atom. The van der Waals surface area contributed by atoms with Crippen molar-refractivity contribution in [2.75, 3.05) is 12.3 Å². The van der Waals surface area contributed by atoms with Crippen LogP contribution in [0.2, 0.25) is 0 Å². The second kappa shape index (κ2) is 3.90. The topological polar surface area (TPSA) is 63.8 Å². The number of nitrogen functional groups attached to an aromatic ring is 1. The third kappa shape index (κ3) is 1.69. The Morgan fingerprint density at radius 3 is 2.78 bits per heavy atom. The molecule has 4 nitrogen and oxygen atoms in total. The summed E-state index contributed by atoms with van der Waals surface area (Å²) in [6.07, 6.45) is 1.01. The van der Waals surface area contributed by atoms with Gasteiger partial charge >= 0.3 is 0 Å². The van der Waals surface area contributed by atoms with E-state index in [9.17, 15) is 0 Å². The summed E-state index contributed by atoms with van der Waals surface area (Å²) in [6.45, 7) is 8.52. The number of nitrogens with two attached hydrogens (primary N) is 1. The van der Waals surface area contributed by atoms with Gasteiger partial charge in [0, 0.05) is 12.0 Å². The number of pyridine rings is 1. The summed E-state index contributed by atoms with van der Waals surface area (Å²) in [4.78, 5) is 5.80. The zero-order valence-electron chi connectivity index (χ0n) is 11.0. The number of anilines is 1. The van der Waals surface area contributed by atoms with E-state index in [1.54, 1.807) is 0 Å². The number of fused-ring (bicyclic) bond motifs is 3. The van der Waals surface area contributed by atoms with Crippen molar-refractivity contribution >= 4 is 27.6 Å². The summed E-state index contributed by atoms with van der Waals surface area (Å²) in [7, 11) is 0. The minimum absolute atomic E-state index is 0.0516. The van der Waals surface area contributed by atoms with Crippen LogP contribution < -0.4 is 11.1 Å². The van der Waals surface area contributed by atoms with E-state index in [1.165, 1.54) is 28.4 Å². The maximum Gasteiger partial charge on any atom is 0.146 e. The van der Waals surface area contributed by atoms with Crippen molar-refractivity contribution in [3.05, 3.63) is 16.8 Å². The molecule has 96 valence electrons. The lowest BCUT2D eigenvalue weighted by molar-refractivity contribution is 0.544. The van der Waals surface area contributed by atoms with Crippen LogP contribution in [0.3, 0.4) is 0 Å². The number of nitrogens with zero attached hydrogens (tertiary/aromatic N) is 2. The van der Waals surface area contributed by atoms with E-state index in [0.717, 1.165) is 29.7 Å². The minimum Gasteiger partial charge on any atom is -0.382 e. The molecule has 0 saturated heterocycles. The molecule has 18 heavy (non-hydrogen) atoms. The van der Waals surface area contributed by atoms with E-state index < -0.39 is 0 Å². The second-order valence-electron chi connectivity index (χ2n) is 5.84. The van der Waals surface area contributed by atoms with Crippen LogP contribution in [0.5, 0.6) is 0 Å². The summed E-state index contributed by atoms with van der Waals surface area (Å²) in [5.74, 6) is 0.640. The molecule has 1 aliphatic rings. The molecule has 0 aromatic carbocycles. The second-order valence-corrected chi connectivity index (χ2v) is 6.59. The first-order valence-electron chi connectivity index (χ1n) is 6.26. The lowest BCUT2D eigenvalue weighted by Crippen LogP contribution is -2.29. The van der Waals surface area contributed by atoms with Gasteiger partial charge in [-0.2, -0.15) is 4.37 Å². The smallest absolute Gasteiger partial charge is 0.146 e. The molecular formula is C13H18N4S. The van der Waals surface area contributed by atoms with Gasteiger partial charge in [-0.25, -0.2) is 4.98 Å². The summed E-state index contributed by atoms with van der Waals surface area (Å²) in [5.41, 5.74) is 9.91. The van der Waals surface area contributed by atoms with Gasteiger partial charge < -0.3 is 11.1 Å². The lowest BCUT2D eigenvalue weighted by atomic mass is 9.84. The number of nitrogens with one attached hydrogen (secondary N) is 1. The Labute approximate surface area is 111 Å². The predicted molar refractivity (Wildman–Crippen MR) is 75.9 cm³/mol. The van der Waals surface area contributed by atoms with Crippen LogP contribution in [0.4, 0.5) is 5.82 Å².